The van der Waals surface area contributed by atoms with E-state index in [1.807, 2.05) is 12.5 Å². The molecule has 0 bridgehead atoms. The Bertz CT molecular complexity index is 390. The van der Waals surface area contributed by atoms with Crippen LogP contribution in [-0.4, -0.2) is 42.8 Å². The van der Waals surface area contributed by atoms with Crippen molar-refractivity contribution in [3.05, 3.63) is 12.3 Å². The number of nitrogens with zero attached hydrogens (tertiary/aromatic N) is 2. The minimum Gasteiger partial charge on any atom is -0.359 e. The smallest absolute Gasteiger partial charge is 0.359 e. The molecule has 0 aromatic heterocycles. The highest BCUT2D eigenvalue weighted by atomic mass is 32.2. The van der Waals surface area contributed by atoms with Crippen molar-refractivity contribution in [2.45, 2.75) is 25.3 Å². The third kappa shape index (κ3) is 7.28. The monoisotopic (exact) mass is 288 g/mol. The Labute approximate surface area is 104 Å². The van der Waals surface area contributed by atoms with E-state index < -0.39 is 15.6 Å². The lowest BCUT2D eigenvalue weighted by Crippen LogP contribution is -2.24. The Balaban J connectivity index is 0.000000331. The van der Waals surface area contributed by atoms with Gasteiger partial charge in [-0.1, -0.05) is 13.3 Å². The third-order valence-electron chi connectivity index (χ3n) is 1.85. The van der Waals surface area contributed by atoms with Crippen molar-refractivity contribution < 1.29 is 26.1 Å². The van der Waals surface area contributed by atoms with Gasteiger partial charge in [0.1, 0.15) is 0 Å². The summed E-state index contributed by atoms with van der Waals surface area (Å²) >= 11 is 0. The van der Waals surface area contributed by atoms with Crippen molar-refractivity contribution in [3.8, 4) is 0 Å². The van der Waals surface area contributed by atoms with Gasteiger partial charge in [-0.3, -0.25) is 4.55 Å². The van der Waals surface area contributed by atoms with Crippen LogP contribution in [0.15, 0.2) is 17.3 Å². The molecule has 0 unspecified atom stereocenters. The molecule has 0 fully saturated rings. The first-order chi connectivity index (χ1) is 8.18. The van der Waals surface area contributed by atoms with Crippen molar-refractivity contribution >= 4 is 16.5 Å². The fraction of sp³-hybridized carbons (Fsp3) is 0.667. The lowest BCUT2D eigenvalue weighted by Gasteiger charge is -2.18. The highest BCUT2D eigenvalue weighted by molar-refractivity contribution is 7.86. The third-order valence-corrected chi connectivity index (χ3v) is 2.44. The van der Waals surface area contributed by atoms with Gasteiger partial charge in [0.2, 0.25) is 0 Å². The van der Waals surface area contributed by atoms with Crippen LogP contribution >= 0.6 is 0 Å². The second-order valence-electron chi connectivity index (χ2n) is 3.42. The van der Waals surface area contributed by atoms with Crippen LogP contribution < -0.4 is 0 Å². The fourth-order valence-corrected chi connectivity index (χ4v) is 0.934. The Morgan fingerprint density at radius 2 is 2.00 bits per heavy atom. The van der Waals surface area contributed by atoms with Crippen LogP contribution in [-0.2, 0) is 10.1 Å². The van der Waals surface area contributed by atoms with Crippen molar-refractivity contribution in [1.29, 1.82) is 0 Å². The maximum atomic E-state index is 10.7. The molecule has 1 rings (SSSR count). The van der Waals surface area contributed by atoms with E-state index in [2.05, 4.69) is 22.9 Å². The molecule has 0 atom stereocenters. The summed E-state index contributed by atoms with van der Waals surface area (Å²) in [7, 11) is -5.84. The highest BCUT2D eigenvalue weighted by Gasteiger charge is 2.44. The van der Waals surface area contributed by atoms with Crippen molar-refractivity contribution in [2.24, 2.45) is 4.99 Å². The lowest BCUT2D eigenvalue weighted by atomic mass is 10.3. The second-order valence-corrected chi connectivity index (χ2v) is 4.83. The molecule has 5 nitrogen and oxygen atoms in total. The molecule has 0 aromatic carbocycles. The summed E-state index contributed by atoms with van der Waals surface area (Å²) in [5.74, 6) is 0. The van der Waals surface area contributed by atoms with Gasteiger partial charge in [-0.05, 0) is 12.5 Å². The summed E-state index contributed by atoms with van der Waals surface area (Å²) in [5.41, 5.74) is -5.53. The zero-order valence-corrected chi connectivity index (χ0v) is 10.6. The maximum Gasteiger partial charge on any atom is 0.522 e. The lowest BCUT2D eigenvalue weighted by molar-refractivity contribution is -0.0510. The molecule has 106 valence electrons. The zero-order valence-electron chi connectivity index (χ0n) is 9.76. The van der Waals surface area contributed by atoms with Crippen LogP contribution in [0, 0.1) is 0 Å². The molecule has 0 spiro atoms. The summed E-state index contributed by atoms with van der Waals surface area (Å²) in [4.78, 5) is 6.26. The Morgan fingerprint density at radius 1 is 1.44 bits per heavy atom. The van der Waals surface area contributed by atoms with Gasteiger partial charge in [-0.2, -0.15) is 21.6 Å². The normalized spacial score (nSPS) is 15.3. The van der Waals surface area contributed by atoms with Crippen LogP contribution in [0.5, 0.6) is 0 Å². The second kappa shape index (κ2) is 7.37. The highest BCUT2D eigenvalue weighted by Crippen LogP contribution is 2.20. The number of alkyl halides is 3. The first kappa shape index (κ1) is 16.9. The average Bonchev–Trinajstić information content (AvgIpc) is 2.26. The van der Waals surface area contributed by atoms with Gasteiger partial charge < -0.3 is 4.90 Å². The minimum atomic E-state index is -5.84. The van der Waals surface area contributed by atoms with Crippen LogP contribution in [0.3, 0.4) is 0 Å². The largest absolute Gasteiger partial charge is 0.522 e. The molecule has 0 amide bonds. The Hall–Kier alpha value is -1.09. The molecule has 9 heteroatoms. The van der Waals surface area contributed by atoms with Gasteiger partial charge >= 0.3 is 15.6 Å². The molecule has 0 saturated heterocycles. The van der Waals surface area contributed by atoms with Gasteiger partial charge in [-0.25, -0.2) is 4.99 Å². The molecule has 18 heavy (non-hydrogen) atoms. The predicted octanol–water partition coefficient (Wildman–Crippen LogP) is 2.04. The number of halogens is 3. The van der Waals surface area contributed by atoms with E-state index in [0.717, 1.165) is 13.1 Å². The summed E-state index contributed by atoms with van der Waals surface area (Å²) in [6.45, 7) is 4.38. The van der Waals surface area contributed by atoms with Crippen molar-refractivity contribution in [2.75, 3.05) is 13.1 Å². The molecule has 1 aliphatic heterocycles. The minimum absolute atomic E-state index is 1.03. The van der Waals surface area contributed by atoms with E-state index in [4.69, 9.17) is 13.0 Å². The summed E-state index contributed by atoms with van der Waals surface area (Å²) in [6, 6.07) is 0. The average molecular weight is 288 g/mol. The molecule has 0 aromatic rings. The SMILES string of the molecule is CCCCN1C=NC=CC1.O=S(=O)(O)C(F)(F)F. The predicted molar refractivity (Wildman–Crippen MR) is 61.7 cm³/mol. The van der Waals surface area contributed by atoms with E-state index in [9.17, 15) is 13.2 Å². The summed E-state index contributed by atoms with van der Waals surface area (Å²) < 4.78 is 57.5. The topological polar surface area (TPSA) is 70.0 Å². The van der Waals surface area contributed by atoms with E-state index in [0.29, 0.717) is 0 Å². The molecule has 0 saturated carbocycles. The number of unbranched alkanes of at least 4 members (excludes halogenated alkanes) is 1. The molecule has 0 aliphatic carbocycles. The molecule has 1 heterocycles. The quantitative estimate of drug-likeness (QED) is 0.637. The molecule has 1 N–H and O–H groups in total. The Morgan fingerprint density at radius 3 is 2.33 bits per heavy atom. The van der Waals surface area contributed by atoms with Gasteiger partial charge in [0.05, 0.1) is 6.34 Å². The van der Waals surface area contributed by atoms with Crippen molar-refractivity contribution in [1.82, 2.24) is 4.90 Å². The molecular formula is C9H15F3N2O3S. The van der Waals surface area contributed by atoms with Crippen LogP contribution in [0.2, 0.25) is 0 Å². The summed E-state index contributed by atoms with van der Waals surface area (Å²) in [6.07, 6.45) is 8.36. The van der Waals surface area contributed by atoms with Crippen LogP contribution in [0.4, 0.5) is 13.2 Å². The number of rotatable bonds is 3. The van der Waals surface area contributed by atoms with E-state index in [-0.39, 0.29) is 0 Å². The first-order valence-corrected chi connectivity index (χ1v) is 6.58. The zero-order chi connectivity index (χ0) is 14.2. The van der Waals surface area contributed by atoms with E-state index in [1.54, 1.807) is 0 Å². The van der Waals surface area contributed by atoms with Gasteiger partial charge in [0, 0.05) is 19.3 Å². The van der Waals surface area contributed by atoms with Gasteiger partial charge in [0.25, 0.3) is 0 Å². The first-order valence-electron chi connectivity index (χ1n) is 5.14. The Kier molecular flexibility index (Phi) is 6.92. The maximum absolute atomic E-state index is 10.7. The number of hydrogen-bond donors (Lipinski definition) is 1. The fourth-order valence-electron chi connectivity index (χ4n) is 0.934. The van der Waals surface area contributed by atoms with Crippen LogP contribution in [0.25, 0.3) is 0 Å². The standard InChI is InChI=1S/C8H14N2.CHF3O3S/c1-2-3-6-10-7-4-5-9-8-10;2-1(3,4)8(5,6)7/h4-5,8H,2-3,6-7H2,1H3;(H,5,6,7). The van der Waals surface area contributed by atoms with Crippen molar-refractivity contribution in [3.63, 3.8) is 0 Å². The molecule has 1 aliphatic rings. The molecule has 0 radical (unpaired) electrons. The van der Waals surface area contributed by atoms with Gasteiger partial charge in [-0.15, -0.1) is 0 Å². The summed E-state index contributed by atoms with van der Waals surface area (Å²) in [5, 5.41) is 0. The molecular weight excluding hydrogens is 273 g/mol. The number of hydrogen-bond acceptors (Lipinski definition) is 4. The van der Waals surface area contributed by atoms with Gasteiger partial charge in [0.15, 0.2) is 0 Å². The van der Waals surface area contributed by atoms with Crippen LogP contribution in [0.1, 0.15) is 19.8 Å². The van der Waals surface area contributed by atoms with E-state index >= 15 is 0 Å². The van der Waals surface area contributed by atoms with E-state index in [1.165, 1.54) is 12.8 Å². The number of aliphatic imine (C=N–C) groups is 1.